The molecule has 1 saturated heterocycles. The van der Waals surface area contributed by atoms with Gasteiger partial charge in [0.05, 0.1) is 6.61 Å². The number of nitrogens with zero attached hydrogens (tertiary/aromatic N) is 3. The monoisotopic (exact) mass is 224 g/mol. The number of nitrogens with one attached hydrogen (secondary N) is 1. The fraction of sp³-hybridized carbons (Fsp3) is 0.700. The molecule has 16 heavy (non-hydrogen) atoms. The number of ether oxygens (including phenoxy) is 1. The van der Waals surface area contributed by atoms with Gasteiger partial charge in [-0.05, 0) is 31.3 Å². The highest BCUT2D eigenvalue weighted by Crippen LogP contribution is 2.31. The molecule has 1 aliphatic heterocycles. The minimum Gasteiger partial charge on any atom is -0.465 e. The van der Waals surface area contributed by atoms with Crippen LogP contribution in [0.3, 0.4) is 0 Å². The van der Waals surface area contributed by atoms with Crippen LogP contribution < -0.4 is 5.32 Å². The summed E-state index contributed by atoms with van der Waals surface area (Å²) >= 11 is 0. The molecule has 88 valence electrons. The largest absolute Gasteiger partial charge is 0.465 e. The van der Waals surface area contributed by atoms with E-state index in [9.17, 15) is 4.79 Å². The van der Waals surface area contributed by atoms with E-state index in [1.54, 1.807) is 13.0 Å². The summed E-state index contributed by atoms with van der Waals surface area (Å²) in [6, 6.07) is 0. The summed E-state index contributed by atoms with van der Waals surface area (Å²) in [5, 5.41) is 6.73. The lowest BCUT2D eigenvalue weighted by molar-refractivity contribution is -0.150. The van der Waals surface area contributed by atoms with Crippen molar-refractivity contribution in [2.24, 2.45) is 11.0 Å². The van der Waals surface area contributed by atoms with Gasteiger partial charge in [0, 0.05) is 11.5 Å². The first-order valence-electron chi connectivity index (χ1n) is 5.26. The Bertz CT molecular complexity index is 325. The van der Waals surface area contributed by atoms with Crippen molar-refractivity contribution >= 4 is 5.97 Å². The smallest absolute Gasteiger partial charge is 0.319 e. The Balaban J connectivity index is 2.98. The van der Waals surface area contributed by atoms with Gasteiger partial charge in [-0.25, -0.2) is 0 Å². The van der Waals surface area contributed by atoms with Crippen LogP contribution in [0, 0.1) is 5.92 Å². The van der Waals surface area contributed by atoms with Crippen LogP contribution >= 0.6 is 0 Å². The predicted molar refractivity (Wildman–Crippen MR) is 59.7 cm³/mol. The maximum atomic E-state index is 11.9. The number of carbonyl (C=O) groups excluding carboxylic acids is 1. The van der Waals surface area contributed by atoms with Crippen molar-refractivity contribution in [3.8, 4) is 0 Å². The summed E-state index contributed by atoms with van der Waals surface area (Å²) in [6.45, 7) is 6.61. The van der Waals surface area contributed by atoms with Crippen molar-refractivity contribution in [3.05, 3.63) is 23.1 Å². The number of carbonyl (C=O) groups is 1. The van der Waals surface area contributed by atoms with E-state index in [-0.39, 0.29) is 12.5 Å². The Labute approximate surface area is 94.3 Å². The normalized spacial score (nSPS) is 28.2. The average Bonchev–Trinajstić information content (AvgIpc) is 2.64. The van der Waals surface area contributed by atoms with E-state index in [2.05, 4.69) is 21.9 Å². The molecular weight excluding hydrogens is 208 g/mol. The second-order valence-corrected chi connectivity index (χ2v) is 3.69. The number of hydrogen-bond donors (Lipinski definition) is 1. The zero-order valence-corrected chi connectivity index (χ0v) is 9.35. The van der Waals surface area contributed by atoms with Crippen molar-refractivity contribution < 1.29 is 9.53 Å². The van der Waals surface area contributed by atoms with Gasteiger partial charge >= 0.3 is 5.97 Å². The van der Waals surface area contributed by atoms with Crippen LogP contribution in [0.5, 0.6) is 0 Å². The van der Waals surface area contributed by atoms with Crippen molar-refractivity contribution in [2.75, 3.05) is 19.7 Å². The Hall–Kier alpha value is -1.52. The van der Waals surface area contributed by atoms with Crippen LogP contribution in [0.2, 0.25) is 0 Å². The second-order valence-electron chi connectivity index (χ2n) is 3.69. The first-order chi connectivity index (χ1) is 7.71. The van der Waals surface area contributed by atoms with E-state index < -0.39 is 11.5 Å². The number of azide groups is 1. The molecule has 1 N–H and O–H groups in total. The molecule has 0 bridgehead atoms. The van der Waals surface area contributed by atoms with Gasteiger partial charge in [-0.3, -0.25) is 4.79 Å². The molecule has 1 fully saturated rings. The minimum absolute atomic E-state index is 0.0834. The molecule has 0 amide bonds. The third kappa shape index (κ3) is 2.18. The molecule has 0 spiro atoms. The molecule has 0 aromatic rings. The topological polar surface area (TPSA) is 87.1 Å². The lowest BCUT2D eigenvalue weighted by Gasteiger charge is -2.26. The van der Waals surface area contributed by atoms with Crippen LogP contribution in [0.25, 0.3) is 10.4 Å². The molecule has 6 heteroatoms. The summed E-state index contributed by atoms with van der Waals surface area (Å²) in [5.74, 6) is -0.537. The SMILES string of the molecule is C=CCC1CNCC1(N=[N+]=[N-])C(=O)OCC. The molecule has 0 saturated carbocycles. The van der Waals surface area contributed by atoms with Gasteiger partial charge in [-0.2, -0.15) is 0 Å². The molecular formula is C10H16N4O2. The fourth-order valence-corrected chi connectivity index (χ4v) is 1.96. The Morgan fingerprint density at radius 1 is 1.88 bits per heavy atom. The van der Waals surface area contributed by atoms with Crippen LogP contribution in [0.4, 0.5) is 0 Å². The number of hydrogen-bond acceptors (Lipinski definition) is 4. The summed E-state index contributed by atoms with van der Waals surface area (Å²) in [7, 11) is 0. The highest BCUT2D eigenvalue weighted by Gasteiger charge is 2.49. The minimum atomic E-state index is -1.11. The number of allylic oxidation sites excluding steroid dienone is 1. The maximum Gasteiger partial charge on any atom is 0.319 e. The molecule has 0 aromatic carbocycles. The average molecular weight is 224 g/mol. The fourth-order valence-electron chi connectivity index (χ4n) is 1.96. The number of esters is 1. The first kappa shape index (κ1) is 12.5. The van der Waals surface area contributed by atoms with E-state index in [1.165, 1.54) is 0 Å². The van der Waals surface area contributed by atoms with Gasteiger partial charge in [-0.15, -0.1) is 6.58 Å². The van der Waals surface area contributed by atoms with E-state index in [4.69, 9.17) is 10.3 Å². The van der Waals surface area contributed by atoms with Crippen molar-refractivity contribution in [3.63, 3.8) is 0 Å². The molecule has 0 radical (unpaired) electrons. The Morgan fingerprint density at radius 3 is 3.19 bits per heavy atom. The van der Waals surface area contributed by atoms with Crippen LogP contribution in [-0.4, -0.2) is 31.2 Å². The lowest BCUT2D eigenvalue weighted by Crippen LogP contribution is -2.45. The van der Waals surface area contributed by atoms with E-state index in [1.807, 2.05) is 0 Å². The highest BCUT2D eigenvalue weighted by atomic mass is 16.5. The van der Waals surface area contributed by atoms with Gasteiger partial charge < -0.3 is 10.1 Å². The van der Waals surface area contributed by atoms with Crippen molar-refractivity contribution in [1.29, 1.82) is 0 Å². The third-order valence-corrected chi connectivity index (χ3v) is 2.76. The van der Waals surface area contributed by atoms with Crippen molar-refractivity contribution in [2.45, 2.75) is 18.9 Å². The summed E-state index contributed by atoms with van der Waals surface area (Å²) < 4.78 is 4.98. The van der Waals surface area contributed by atoms with Crippen LogP contribution in [-0.2, 0) is 9.53 Å². The van der Waals surface area contributed by atoms with Crippen LogP contribution in [0.1, 0.15) is 13.3 Å². The number of rotatable bonds is 5. The summed E-state index contributed by atoms with van der Waals surface area (Å²) in [5.41, 5.74) is 7.48. The highest BCUT2D eigenvalue weighted by molar-refractivity contribution is 5.82. The molecule has 2 atom stereocenters. The lowest BCUT2D eigenvalue weighted by atomic mass is 9.85. The summed E-state index contributed by atoms with van der Waals surface area (Å²) in [4.78, 5) is 14.7. The molecule has 1 heterocycles. The second kappa shape index (κ2) is 5.53. The first-order valence-corrected chi connectivity index (χ1v) is 5.26. The van der Waals surface area contributed by atoms with E-state index in [0.29, 0.717) is 19.5 Å². The Kier molecular flexibility index (Phi) is 4.34. The van der Waals surface area contributed by atoms with Gasteiger partial charge in [0.15, 0.2) is 5.54 Å². The van der Waals surface area contributed by atoms with Gasteiger partial charge in [0.2, 0.25) is 0 Å². The van der Waals surface area contributed by atoms with E-state index in [0.717, 1.165) is 0 Å². The third-order valence-electron chi connectivity index (χ3n) is 2.76. The van der Waals surface area contributed by atoms with E-state index >= 15 is 0 Å². The maximum absolute atomic E-state index is 11.9. The molecule has 1 aliphatic rings. The van der Waals surface area contributed by atoms with Crippen molar-refractivity contribution in [1.82, 2.24) is 5.32 Å². The molecule has 2 unspecified atom stereocenters. The Morgan fingerprint density at radius 2 is 2.62 bits per heavy atom. The quantitative estimate of drug-likeness (QED) is 0.252. The molecule has 0 aromatic heterocycles. The molecule has 1 rings (SSSR count). The summed E-state index contributed by atoms with van der Waals surface area (Å²) in [6.07, 6.45) is 2.34. The standard InChI is InChI=1S/C10H16N4O2/c1-3-5-8-6-12-7-10(8,13-14-11)9(15)16-4-2/h3,8,12H,1,4-7H2,2H3. The van der Waals surface area contributed by atoms with Gasteiger partial charge in [0.1, 0.15) is 0 Å². The molecule has 0 aliphatic carbocycles. The molecule has 6 nitrogen and oxygen atoms in total. The zero-order valence-electron chi connectivity index (χ0n) is 9.35. The zero-order chi connectivity index (χ0) is 12.0. The van der Waals surface area contributed by atoms with Gasteiger partial charge in [-0.1, -0.05) is 11.2 Å². The van der Waals surface area contributed by atoms with Crippen LogP contribution in [0.15, 0.2) is 17.8 Å². The predicted octanol–water partition coefficient (Wildman–Crippen LogP) is 1.39. The van der Waals surface area contributed by atoms with Gasteiger partial charge in [0.25, 0.3) is 0 Å².